The summed E-state index contributed by atoms with van der Waals surface area (Å²) in [7, 11) is 0. The van der Waals surface area contributed by atoms with Crippen LogP contribution in [0.4, 0.5) is 4.39 Å². The van der Waals surface area contributed by atoms with E-state index in [9.17, 15) is 19.8 Å². The fraction of sp³-hybridized carbons (Fsp3) is 0.371. The van der Waals surface area contributed by atoms with Gasteiger partial charge in [-0.15, -0.1) is 11.3 Å². The number of halogens is 1. The van der Waals surface area contributed by atoms with E-state index in [4.69, 9.17) is 4.74 Å². The first-order valence-corrected chi connectivity index (χ1v) is 17.6. The number of phenols is 1. The lowest BCUT2D eigenvalue weighted by molar-refractivity contribution is -0.127. The van der Waals surface area contributed by atoms with Gasteiger partial charge >= 0.3 is 4.87 Å². The maximum Gasteiger partial charge on any atom is 0.305 e. The Kier molecular flexibility index (Phi) is 9.14. The van der Waals surface area contributed by atoms with Gasteiger partial charge in [-0.25, -0.2) is 4.39 Å². The number of likely N-dealkylation sites (tertiary alicyclic amines) is 1. The zero-order chi connectivity index (χ0) is 32.5. The van der Waals surface area contributed by atoms with Gasteiger partial charge in [0.15, 0.2) is 0 Å². The molecule has 1 amide bonds. The Bertz CT molecular complexity index is 1930. The SMILES string of the molecule is O=C(c1cc2ccccc2s1)N1CCOC2(CCN(Cc3cccc(CCNC[C@H](O)c4ccc(O)c5[nH]c(=O)sc45)c3F)CC2)C1. The summed E-state index contributed by atoms with van der Waals surface area (Å²) < 4.78 is 23.5. The molecule has 0 unspecified atom stereocenters. The minimum absolute atomic E-state index is 0.0362. The number of rotatable bonds is 9. The standard InChI is InChI=1S/C35H37FN4O5S2/c36-30-22(10-13-37-19-27(42)25-8-9-26(41)31-32(25)47-34(44)38-31)5-3-6-24(30)20-39-14-11-35(12-15-39)21-40(16-17-45-35)33(43)29-18-23-4-1-2-7-28(23)46-29/h1-9,18,27,37,41-42H,10-17,19-21H2,(H,38,44)/t27-/m0/s1. The second kappa shape index (κ2) is 13.5. The number of carbonyl (C=O) groups excluding carboxylic acids is 1. The van der Waals surface area contributed by atoms with Gasteiger partial charge in [0.1, 0.15) is 17.1 Å². The van der Waals surface area contributed by atoms with Gasteiger partial charge in [0.2, 0.25) is 0 Å². The first-order chi connectivity index (χ1) is 22.8. The zero-order valence-electron chi connectivity index (χ0n) is 25.8. The molecule has 2 aliphatic heterocycles. The van der Waals surface area contributed by atoms with Crippen molar-refractivity contribution in [3.05, 3.63) is 97.7 Å². The summed E-state index contributed by atoms with van der Waals surface area (Å²) in [6, 6.07) is 18.6. The molecule has 2 fully saturated rings. The molecule has 9 nitrogen and oxygen atoms in total. The summed E-state index contributed by atoms with van der Waals surface area (Å²) >= 11 is 2.48. The molecule has 0 saturated carbocycles. The highest BCUT2D eigenvalue weighted by Gasteiger charge is 2.41. The highest BCUT2D eigenvalue weighted by molar-refractivity contribution is 7.20. The predicted molar refractivity (Wildman–Crippen MR) is 183 cm³/mol. The van der Waals surface area contributed by atoms with Gasteiger partial charge in [0.25, 0.3) is 5.91 Å². The molecule has 2 aromatic heterocycles. The topological polar surface area (TPSA) is 118 Å². The van der Waals surface area contributed by atoms with E-state index in [0.717, 1.165) is 52.2 Å². The lowest BCUT2D eigenvalue weighted by Gasteiger charge is -2.47. The number of carbonyl (C=O) groups is 1. The molecule has 0 radical (unpaired) electrons. The quantitative estimate of drug-likeness (QED) is 0.162. The fourth-order valence-electron chi connectivity index (χ4n) is 6.75. The number of nitrogens with one attached hydrogen (secondary N) is 2. The number of morpholine rings is 1. The lowest BCUT2D eigenvalue weighted by Crippen LogP contribution is -2.57. The number of aliphatic hydroxyl groups excluding tert-OH is 1. The molecule has 246 valence electrons. The van der Waals surface area contributed by atoms with Crippen LogP contribution in [0.5, 0.6) is 5.75 Å². The lowest BCUT2D eigenvalue weighted by atomic mass is 9.89. The average Bonchev–Trinajstić information content (AvgIpc) is 3.70. The van der Waals surface area contributed by atoms with Crippen LogP contribution >= 0.6 is 22.7 Å². The number of hydrogen-bond acceptors (Lipinski definition) is 9. The van der Waals surface area contributed by atoms with E-state index in [-0.39, 0.29) is 34.5 Å². The first-order valence-electron chi connectivity index (χ1n) is 15.9. The Balaban J connectivity index is 0.908. The fourth-order valence-corrected chi connectivity index (χ4v) is 8.69. The summed E-state index contributed by atoms with van der Waals surface area (Å²) in [4.78, 5) is 32.5. The van der Waals surface area contributed by atoms with E-state index in [0.29, 0.717) is 66.1 Å². The summed E-state index contributed by atoms with van der Waals surface area (Å²) in [5.74, 6) is -0.178. The summed E-state index contributed by atoms with van der Waals surface area (Å²) in [6.45, 7) is 4.38. The average molecular weight is 677 g/mol. The maximum absolute atomic E-state index is 15.6. The van der Waals surface area contributed by atoms with Gasteiger partial charge in [-0.1, -0.05) is 53.8 Å². The Morgan fingerprint density at radius 1 is 1.06 bits per heavy atom. The van der Waals surface area contributed by atoms with Crippen molar-refractivity contribution >= 4 is 48.9 Å². The van der Waals surface area contributed by atoms with Crippen LogP contribution in [0.25, 0.3) is 20.3 Å². The molecule has 3 aromatic carbocycles. The normalized spacial score (nSPS) is 17.5. The number of thiazole rings is 1. The molecule has 2 saturated heterocycles. The minimum Gasteiger partial charge on any atom is -0.506 e. The molecule has 1 spiro atoms. The number of hydrogen-bond donors (Lipinski definition) is 4. The molecule has 4 N–H and O–H groups in total. The van der Waals surface area contributed by atoms with Crippen LogP contribution in [0.3, 0.4) is 0 Å². The maximum atomic E-state index is 15.6. The first kappa shape index (κ1) is 31.9. The smallest absolute Gasteiger partial charge is 0.305 e. The molecule has 7 rings (SSSR count). The largest absolute Gasteiger partial charge is 0.506 e. The van der Waals surface area contributed by atoms with Gasteiger partial charge < -0.3 is 30.2 Å². The van der Waals surface area contributed by atoms with Crippen molar-refractivity contribution in [1.29, 1.82) is 0 Å². The number of benzene rings is 3. The predicted octanol–water partition coefficient (Wildman–Crippen LogP) is 5.02. The van der Waals surface area contributed by atoms with Crippen LogP contribution in [0, 0.1) is 5.82 Å². The van der Waals surface area contributed by atoms with Gasteiger partial charge in [-0.05, 0) is 55.0 Å². The van der Waals surface area contributed by atoms with Crippen LogP contribution in [0.1, 0.15) is 45.3 Å². The van der Waals surface area contributed by atoms with Gasteiger partial charge in [0, 0.05) is 48.6 Å². The summed E-state index contributed by atoms with van der Waals surface area (Å²) in [5, 5.41) is 25.0. The molecule has 0 aliphatic carbocycles. The van der Waals surface area contributed by atoms with E-state index in [1.807, 2.05) is 47.4 Å². The molecule has 0 bridgehead atoms. The number of phenolic OH excluding ortho intramolecular Hbond substituents is 1. The third kappa shape index (κ3) is 6.71. The molecular formula is C35H37FN4O5S2. The number of thiophene rings is 1. The van der Waals surface area contributed by atoms with Crippen molar-refractivity contribution in [1.82, 2.24) is 20.1 Å². The van der Waals surface area contributed by atoms with Crippen molar-refractivity contribution in [3.8, 4) is 5.75 Å². The van der Waals surface area contributed by atoms with Crippen LogP contribution < -0.4 is 10.2 Å². The van der Waals surface area contributed by atoms with Gasteiger partial charge in [-0.2, -0.15) is 0 Å². The molecule has 1 atom stereocenters. The highest BCUT2D eigenvalue weighted by atomic mass is 32.1. The van der Waals surface area contributed by atoms with Crippen LogP contribution in [-0.4, -0.2) is 82.4 Å². The number of aromatic hydroxyl groups is 1. The monoisotopic (exact) mass is 676 g/mol. The number of aromatic nitrogens is 1. The number of aliphatic hydroxyl groups is 1. The van der Waals surface area contributed by atoms with E-state index in [1.54, 1.807) is 12.1 Å². The van der Waals surface area contributed by atoms with Crippen molar-refractivity contribution in [2.45, 2.75) is 37.5 Å². The molecule has 47 heavy (non-hydrogen) atoms. The minimum atomic E-state index is -0.891. The number of piperidine rings is 1. The molecule has 5 aromatic rings. The second-order valence-electron chi connectivity index (χ2n) is 12.4. The summed E-state index contributed by atoms with van der Waals surface area (Å²) in [6.07, 6.45) is 1.13. The number of aromatic amines is 1. The number of amides is 1. The molecule has 4 heterocycles. The van der Waals surface area contributed by atoms with E-state index in [2.05, 4.69) is 15.2 Å². The van der Waals surface area contributed by atoms with Crippen LogP contribution in [0.2, 0.25) is 0 Å². The molecular weight excluding hydrogens is 640 g/mol. The number of H-pyrrole nitrogens is 1. The third-order valence-corrected chi connectivity index (χ3v) is 11.4. The number of fused-ring (bicyclic) bond motifs is 2. The van der Waals surface area contributed by atoms with Gasteiger partial charge in [0.05, 0.1) is 34.4 Å². The molecule has 2 aliphatic rings. The van der Waals surface area contributed by atoms with Crippen LogP contribution in [0.15, 0.2) is 65.5 Å². The van der Waals surface area contributed by atoms with E-state index >= 15 is 4.39 Å². The summed E-state index contributed by atoms with van der Waals surface area (Å²) in [5.41, 5.74) is 1.77. The van der Waals surface area contributed by atoms with Crippen molar-refractivity contribution < 1.29 is 24.1 Å². The Morgan fingerprint density at radius 3 is 2.70 bits per heavy atom. The van der Waals surface area contributed by atoms with Crippen LogP contribution in [-0.2, 0) is 17.7 Å². The number of ether oxygens (including phenoxy) is 1. The van der Waals surface area contributed by atoms with E-state index < -0.39 is 6.10 Å². The zero-order valence-corrected chi connectivity index (χ0v) is 27.5. The third-order valence-electron chi connectivity index (χ3n) is 9.35. The Labute approximate surface area is 279 Å². The van der Waals surface area contributed by atoms with Crippen molar-refractivity contribution in [2.75, 3.05) is 45.9 Å². The molecule has 12 heteroatoms. The van der Waals surface area contributed by atoms with E-state index in [1.165, 1.54) is 17.4 Å². The second-order valence-corrected chi connectivity index (χ2v) is 14.5. The van der Waals surface area contributed by atoms with Gasteiger partial charge in [-0.3, -0.25) is 14.5 Å². The highest BCUT2D eigenvalue weighted by Crippen LogP contribution is 2.34. The number of nitrogens with zero attached hydrogens (tertiary/aromatic N) is 2. The van der Waals surface area contributed by atoms with Crippen molar-refractivity contribution in [2.24, 2.45) is 0 Å². The van der Waals surface area contributed by atoms with Crippen molar-refractivity contribution in [3.63, 3.8) is 0 Å². The Morgan fingerprint density at radius 2 is 1.87 bits per heavy atom. The Hall–Kier alpha value is -3.65.